The predicted molar refractivity (Wildman–Crippen MR) is 70.7 cm³/mol. The lowest BCUT2D eigenvalue weighted by molar-refractivity contribution is -0.148. The van der Waals surface area contributed by atoms with Crippen LogP contribution in [0.2, 0.25) is 0 Å². The number of aromatic nitrogens is 1. The first-order valence-corrected chi connectivity index (χ1v) is 6.94. The molecule has 0 radical (unpaired) electrons. The second-order valence-corrected chi connectivity index (χ2v) is 5.32. The first kappa shape index (κ1) is 14.5. The van der Waals surface area contributed by atoms with Crippen molar-refractivity contribution in [1.82, 2.24) is 15.6 Å². The number of thiazole rings is 1. The van der Waals surface area contributed by atoms with Gasteiger partial charge in [-0.25, -0.2) is 9.59 Å². The van der Waals surface area contributed by atoms with Crippen molar-refractivity contribution < 1.29 is 19.4 Å². The fourth-order valence-electron chi connectivity index (χ4n) is 1.95. The maximum absolute atomic E-state index is 11.8. The number of carbonyl (C=O) groups excluding carboxylic acids is 1. The standard InChI is InChI=1S/C11H15N3O5S/c15-8(16)11(1-3-19-4-2-11)14-9(17)12-5-7-6-20-10(18)13-7/h6H,1-5H2,(H,13,18)(H,15,16)(H2,12,14,17). The third-order valence-corrected chi connectivity index (χ3v) is 3.84. The average molecular weight is 301 g/mol. The van der Waals surface area contributed by atoms with Gasteiger partial charge in [0.2, 0.25) is 0 Å². The molecule has 1 fully saturated rings. The highest BCUT2D eigenvalue weighted by Crippen LogP contribution is 2.20. The van der Waals surface area contributed by atoms with Gasteiger partial charge < -0.3 is 25.5 Å². The number of aliphatic carboxylic acids is 1. The lowest BCUT2D eigenvalue weighted by Crippen LogP contribution is -2.59. The van der Waals surface area contributed by atoms with Crippen LogP contribution in [0.3, 0.4) is 0 Å². The van der Waals surface area contributed by atoms with Crippen LogP contribution in [0.4, 0.5) is 4.79 Å². The molecule has 20 heavy (non-hydrogen) atoms. The van der Waals surface area contributed by atoms with Gasteiger partial charge >= 0.3 is 16.9 Å². The van der Waals surface area contributed by atoms with E-state index in [1.807, 2.05) is 0 Å². The largest absolute Gasteiger partial charge is 0.480 e. The Labute approximate surface area is 118 Å². The van der Waals surface area contributed by atoms with Crippen molar-refractivity contribution in [2.24, 2.45) is 0 Å². The minimum Gasteiger partial charge on any atom is -0.480 e. The lowest BCUT2D eigenvalue weighted by Gasteiger charge is -2.33. The SMILES string of the molecule is O=C(NCc1csc(=O)[nH]1)NC1(C(=O)O)CCOCC1. The van der Waals surface area contributed by atoms with Crippen molar-refractivity contribution in [1.29, 1.82) is 0 Å². The van der Waals surface area contributed by atoms with Crippen LogP contribution >= 0.6 is 11.3 Å². The molecule has 1 saturated heterocycles. The molecule has 0 aromatic carbocycles. The number of urea groups is 1. The van der Waals surface area contributed by atoms with E-state index in [2.05, 4.69) is 15.6 Å². The highest BCUT2D eigenvalue weighted by molar-refractivity contribution is 7.07. The number of amides is 2. The summed E-state index contributed by atoms with van der Waals surface area (Å²) < 4.78 is 5.12. The van der Waals surface area contributed by atoms with Gasteiger partial charge in [0.25, 0.3) is 0 Å². The van der Waals surface area contributed by atoms with Crippen LogP contribution in [-0.2, 0) is 16.1 Å². The van der Waals surface area contributed by atoms with Crippen LogP contribution in [-0.4, -0.2) is 40.8 Å². The second kappa shape index (κ2) is 6.06. The zero-order chi connectivity index (χ0) is 14.6. The topological polar surface area (TPSA) is 121 Å². The molecule has 0 aliphatic carbocycles. The fraction of sp³-hybridized carbons (Fsp3) is 0.545. The van der Waals surface area contributed by atoms with Gasteiger partial charge in [-0.3, -0.25) is 4.79 Å². The summed E-state index contributed by atoms with van der Waals surface area (Å²) in [7, 11) is 0. The lowest BCUT2D eigenvalue weighted by atomic mass is 9.90. The number of hydrogen-bond acceptors (Lipinski definition) is 5. The van der Waals surface area contributed by atoms with E-state index in [0.29, 0.717) is 18.9 Å². The maximum atomic E-state index is 11.8. The molecule has 1 aromatic heterocycles. The molecule has 2 amide bonds. The molecule has 8 nitrogen and oxygen atoms in total. The number of carboxylic acids is 1. The number of carboxylic acid groups (broad SMARTS) is 1. The summed E-state index contributed by atoms with van der Waals surface area (Å²) in [6.45, 7) is 0.728. The Balaban J connectivity index is 1.91. The second-order valence-electron chi connectivity index (χ2n) is 4.48. The van der Waals surface area contributed by atoms with E-state index in [4.69, 9.17) is 4.74 Å². The Kier molecular flexibility index (Phi) is 4.40. The molecule has 0 unspecified atom stereocenters. The van der Waals surface area contributed by atoms with Crippen LogP contribution in [0.5, 0.6) is 0 Å². The summed E-state index contributed by atoms with van der Waals surface area (Å²) in [6.07, 6.45) is 0.454. The monoisotopic (exact) mass is 301 g/mol. The number of carbonyl (C=O) groups is 2. The number of aromatic amines is 1. The number of H-pyrrole nitrogens is 1. The number of hydrogen-bond donors (Lipinski definition) is 4. The molecule has 1 aliphatic heterocycles. The van der Waals surface area contributed by atoms with Crippen LogP contribution in [0.15, 0.2) is 10.2 Å². The quantitative estimate of drug-likeness (QED) is 0.617. The van der Waals surface area contributed by atoms with Gasteiger partial charge in [0.15, 0.2) is 0 Å². The molecule has 2 heterocycles. The van der Waals surface area contributed by atoms with E-state index in [-0.39, 0.29) is 24.3 Å². The molecule has 4 N–H and O–H groups in total. The Hall–Kier alpha value is -1.87. The number of rotatable bonds is 4. The molecule has 9 heteroatoms. The molecule has 1 aliphatic rings. The maximum Gasteiger partial charge on any atom is 0.329 e. The van der Waals surface area contributed by atoms with Crippen molar-refractivity contribution in [2.75, 3.05) is 13.2 Å². The van der Waals surface area contributed by atoms with E-state index in [1.54, 1.807) is 5.38 Å². The third-order valence-electron chi connectivity index (χ3n) is 3.12. The van der Waals surface area contributed by atoms with Gasteiger partial charge in [0, 0.05) is 37.1 Å². The summed E-state index contributed by atoms with van der Waals surface area (Å²) in [5.74, 6) is -1.07. The molecule has 0 saturated carbocycles. The van der Waals surface area contributed by atoms with E-state index in [1.165, 1.54) is 0 Å². The van der Waals surface area contributed by atoms with Crippen LogP contribution in [0.1, 0.15) is 18.5 Å². The third kappa shape index (κ3) is 3.36. The Morgan fingerprint density at radius 3 is 2.70 bits per heavy atom. The zero-order valence-electron chi connectivity index (χ0n) is 10.6. The van der Waals surface area contributed by atoms with Crippen molar-refractivity contribution >= 4 is 23.3 Å². The molecular weight excluding hydrogens is 286 g/mol. The zero-order valence-corrected chi connectivity index (χ0v) is 11.4. The molecule has 1 aromatic rings. The molecule has 110 valence electrons. The highest BCUT2D eigenvalue weighted by Gasteiger charge is 2.41. The summed E-state index contributed by atoms with van der Waals surface area (Å²) in [5, 5.41) is 15.9. The normalized spacial score (nSPS) is 17.4. The molecular formula is C11H15N3O5S. The summed E-state index contributed by atoms with van der Waals surface area (Å²) >= 11 is 1.00. The molecule has 0 atom stereocenters. The van der Waals surface area contributed by atoms with Gasteiger partial charge in [-0.05, 0) is 0 Å². The molecule has 0 spiro atoms. The van der Waals surface area contributed by atoms with Gasteiger partial charge in [-0.2, -0.15) is 0 Å². The van der Waals surface area contributed by atoms with Crippen LogP contribution in [0.25, 0.3) is 0 Å². The van der Waals surface area contributed by atoms with Crippen molar-refractivity contribution in [3.05, 3.63) is 20.7 Å². The first-order valence-electron chi connectivity index (χ1n) is 6.06. The van der Waals surface area contributed by atoms with Crippen LogP contribution < -0.4 is 15.5 Å². The summed E-state index contributed by atoms with van der Waals surface area (Å²) in [5.41, 5.74) is -0.712. The van der Waals surface area contributed by atoms with Gasteiger partial charge in [0.05, 0.1) is 6.54 Å². The van der Waals surface area contributed by atoms with Gasteiger partial charge in [0.1, 0.15) is 5.54 Å². The Bertz CT molecular complexity index is 546. The number of nitrogens with one attached hydrogen (secondary N) is 3. The summed E-state index contributed by atoms with van der Waals surface area (Å²) in [6, 6.07) is -0.582. The van der Waals surface area contributed by atoms with E-state index >= 15 is 0 Å². The van der Waals surface area contributed by atoms with E-state index in [9.17, 15) is 19.5 Å². The smallest absolute Gasteiger partial charge is 0.329 e. The predicted octanol–water partition coefficient (Wildman–Crippen LogP) is -0.131. The minimum atomic E-state index is -1.29. The fourth-order valence-corrected chi connectivity index (χ4v) is 2.53. The molecule has 0 bridgehead atoms. The average Bonchev–Trinajstić information content (AvgIpc) is 2.83. The van der Waals surface area contributed by atoms with Crippen molar-refractivity contribution in [3.8, 4) is 0 Å². The Morgan fingerprint density at radius 2 is 2.15 bits per heavy atom. The number of ether oxygens (including phenoxy) is 1. The van der Waals surface area contributed by atoms with Crippen molar-refractivity contribution in [3.63, 3.8) is 0 Å². The Morgan fingerprint density at radius 1 is 1.45 bits per heavy atom. The minimum absolute atomic E-state index is 0.136. The first-order chi connectivity index (χ1) is 9.52. The summed E-state index contributed by atoms with van der Waals surface area (Å²) in [4.78, 5) is 36.4. The van der Waals surface area contributed by atoms with E-state index in [0.717, 1.165) is 11.3 Å². The van der Waals surface area contributed by atoms with Crippen molar-refractivity contribution in [2.45, 2.75) is 24.9 Å². The van der Waals surface area contributed by atoms with E-state index < -0.39 is 17.5 Å². The molecule has 2 rings (SSSR count). The van der Waals surface area contributed by atoms with Gasteiger partial charge in [-0.15, -0.1) is 0 Å². The highest BCUT2D eigenvalue weighted by atomic mass is 32.1. The van der Waals surface area contributed by atoms with Crippen LogP contribution in [0, 0.1) is 0 Å². The van der Waals surface area contributed by atoms with Gasteiger partial charge in [-0.1, -0.05) is 11.3 Å².